The second-order valence-corrected chi connectivity index (χ2v) is 6.90. The van der Waals surface area contributed by atoms with Gasteiger partial charge in [0.05, 0.1) is 16.8 Å². The minimum absolute atomic E-state index is 0.0210. The molecule has 0 fully saturated rings. The third-order valence-electron chi connectivity index (χ3n) is 3.65. The number of aromatic nitrogens is 1. The standard InChI is InChI=1S/C18H17Cl2F3N4O3/c1-8(25-18(29)27-26-9(2)28)16-14(21)3-10(6-24-16)12-4-11(19)5-13(20)17(12)30-7-15(22)23/h3-6,8,15H,7H2,1-2H3,(H,26,28)(H2,25,27,29)/t8-/m1/s1. The van der Waals surface area contributed by atoms with Gasteiger partial charge in [0.1, 0.15) is 18.2 Å². The number of nitrogens with zero attached hydrogens (tertiary/aromatic N) is 1. The number of nitrogens with one attached hydrogen (secondary N) is 3. The summed E-state index contributed by atoms with van der Waals surface area (Å²) < 4.78 is 44.8. The van der Waals surface area contributed by atoms with Crippen LogP contribution in [-0.2, 0) is 4.79 Å². The zero-order chi connectivity index (χ0) is 22.4. The first-order chi connectivity index (χ1) is 14.1. The first kappa shape index (κ1) is 23.6. The molecular weight excluding hydrogens is 448 g/mol. The highest BCUT2D eigenvalue weighted by Crippen LogP contribution is 2.39. The predicted octanol–water partition coefficient (Wildman–Crippen LogP) is 4.25. The second kappa shape index (κ2) is 10.4. The maximum Gasteiger partial charge on any atom is 0.334 e. The zero-order valence-corrected chi connectivity index (χ0v) is 17.2. The van der Waals surface area contributed by atoms with Crippen LogP contribution in [0.15, 0.2) is 24.4 Å². The van der Waals surface area contributed by atoms with Gasteiger partial charge in [0, 0.05) is 29.3 Å². The molecule has 30 heavy (non-hydrogen) atoms. The largest absolute Gasteiger partial charge is 0.485 e. The summed E-state index contributed by atoms with van der Waals surface area (Å²) in [4.78, 5) is 26.5. The van der Waals surface area contributed by atoms with E-state index in [0.717, 1.165) is 6.07 Å². The number of amides is 3. The van der Waals surface area contributed by atoms with E-state index in [1.54, 1.807) is 0 Å². The Bertz CT molecular complexity index is 947. The van der Waals surface area contributed by atoms with Crippen LogP contribution in [0.5, 0.6) is 5.75 Å². The molecule has 0 radical (unpaired) electrons. The van der Waals surface area contributed by atoms with E-state index in [2.05, 4.69) is 21.2 Å². The van der Waals surface area contributed by atoms with Crippen LogP contribution in [0.1, 0.15) is 25.6 Å². The van der Waals surface area contributed by atoms with Crippen LogP contribution in [0.2, 0.25) is 10.0 Å². The number of benzene rings is 1. The molecule has 0 aliphatic heterocycles. The van der Waals surface area contributed by atoms with Crippen molar-refractivity contribution in [2.24, 2.45) is 0 Å². The van der Waals surface area contributed by atoms with E-state index in [0.29, 0.717) is 0 Å². The number of pyridine rings is 1. The highest BCUT2D eigenvalue weighted by atomic mass is 35.5. The van der Waals surface area contributed by atoms with Gasteiger partial charge in [-0.3, -0.25) is 15.2 Å². The van der Waals surface area contributed by atoms with E-state index >= 15 is 0 Å². The lowest BCUT2D eigenvalue weighted by Crippen LogP contribution is -2.46. The highest BCUT2D eigenvalue weighted by Gasteiger charge is 2.19. The fourth-order valence-corrected chi connectivity index (χ4v) is 2.98. The summed E-state index contributed by atoms with van der Waals surface area (Å²) in [6.45, 7) is 1.77. The smallest absolute Gasteiger partial charge is 0.334 e. The van der Waals surface area contributed by atoms with Gasteiger partial charge in [-0.2, -0.15) is 0 Å². The van der Waals surface area contributed by atoms with Crippen molar-refractivity contribution in [3.8, 4) is 16.9 Å². The first-order valence-corrected chi connectivity index (χ1v) is 9.23. The summed E-state index contributed by atoms with van der Waals surface area (Å²) in [6.07, 6.45) is -1.48. The van der Waals surface area contributed by atoms with E-state index in [1.807, 2.05) is 0 Å². The molecule has 7 nitrogen and oxygen atoms in total. The van der Waals surface area contributed by atoms with Gasteiger partial charge in [0.2, 0.25) is 5.91 Å². The fraction of sp³-hybridized carbons (Fsp3) is 0.278. The number of urea groups is 1. The van der Waals surface area contributed by atoms with Crippen LogP contribution in [0.25, 0.3) is 11.1 Å². The number of alkyl halides is 2. The second-order valence-electron chi connectivity index (χ2n) is 6.06. The Morgan fingerprint density at radius 2 is 1.90 bits per heavy atom. The lowest BCUT2D eigenvalue weighted by atomic mass is 10.0. The molecule has 1 heterocycles. The molecule has 12 heteroatoms. The summed E-state index contributed by atoms with van der Waals surface area (Å²) >= 11 is 12.0. The van der Waals surface area contributed by atoms with Gasteiger partial charge in [0.15, 0.2) is 0 Å². The topological polar surface area (TPSA) is 92.4 Å². The van der Waals surface area contributed by atoms with Gasteiger partial charge in [-0.05, 0) is 25.1 Å². The number of halogens is 5. The number of hydrogen-bond donors (Lipinski definition) is 3. The van der Waals surface area contributed by atoms with E-state index in [1.165, 1.54) is 32.2 Å². The first-order valence-electron chi connectivity index (χ1n) is 8.47. The minimum atomic E-state index is -2.74. The maximum absolute atomic E-state index is 14.7. The predicted molar refractivity (Wildman–Crippen MR) is 105 cm³/mol. The van der Waals surface area contributed by atoms with Gasteiger partial charge in [-0.15, -0.1) is 0 Å². The van der Waals surface area contributed by atoms with Crippen molar-refractivity contribution < 1.29 is 27.5 Å². The van der Waals surface area contributed by atoms with Gasteiger partial charge >= 0.3 is 6.03 Å². The lowest BCUT2D eigenvalue weighted by Gasteiger charge is -2.17. The van der Waals surface area contributed by atoms with Crippen LogP contribution in [0.4, 0.5) is 18.0 Å². The highest BCUT2D eigenvalue weighted by molar-refractivity contribution is 6.36. The minimum Gasteiger partial charge on any atom is -0.485 e. The third kappa shape index (κ3) is 6.39. The Balaban J connectivity index is 2.28. The molecule has 1 atom stereocenters. The molecule has 0 saturated heterocycles. The third-order valence-corrected chi connectivity index (χ3v) is 4.15. The fourth-order valence-electron chi connectivity index (χ4n) is 2.43. The summed E-state index contributed by atoms with van der Waals surface area (Å²) in [6, 6.07) is 2.15. The number of rotatable bonds is 6. The van der Waals surface area contributed by atoms with Crippen LogP contribution in [-0.4, -0.2) is 30.0 Å². The molecule has 0 aliphatic rings. The summed E-state index contributed by atoms with van der Waals surface area (Å²) in [5.74, 6) is -1.36. The average molecular weight is 465 g/mol. The number of hydrazine groups is 1. The zero-order valence-electron chi connectivity index (χ0n) is 15.7. The molecule has 2 aromatic rings. The van der Waals surface area contributed by atoms with E-state index in [9.17, 15) is 22.8 Å². The molecule has 0 saturated carbocycles. The van der Waals surface area contributed by atoms with Gasteiger partial charge in [-0.1, -0.05) is 23.2 Å². The molecule has 0 unspecified atom stereocenters. The molecule has 1 aromatic heterocycles. The van der Waals surface area contributed by atoms with Crippen molar-refractivity contribution in [1.29, 1.82) is 0 Å². The van der Waals surface area contributed by atoms with Crippen LogP contribution in [0, 0.1) is 5.82 Å². The molecule has 0 bridgehead atoms. The van der Waals surface area contributed by atoms with Gasteiger partial charge in [0.25, 0.3) is 6.43 Å². The SMILES string of the molecule is CC(=O)NNC(=O)N[C@H](C)c1ncc(-c2cc(Cl)cc(Cl)c2OCC(F)F)cc1F. The number of ether oxygens (including phenoxy) is 1. The molecule has 0 aliphatic carbocycles. The molecule has 3 amide bonds. The Morgan fingerprint density at radius 1 is 1.20 bits per heavy atom. The molecule has 162 valence electrons. The van der Waals surface area contributed by atoms with Crippen LogP contribution in [0.3, 0.4) is 0 Å². The quantitative estimate of drug-likeness (QED) is 0.557. The monoisotopic (exact) mass is 464 g/mol. The average Bonchev–Trinajstić information content (AvgIpc) is 2.64. The molecule has 2 rings (SSSR count). The van der Waals surface area contributed by atoms with Crippen molar-refractivity contribution in [3.05, 3.63) is 46.0 Å². The summed E-state index contributed by atoms with van der Waals surface area (Å²) in [5, 5.41) is 2.56. The van der Waals surface area contributed by atoms with Crippen molar-refractivity contribution in [3.63, 3.8) is 0 Å². The van der Waals surface area contributed by atoms with Crippen molar-refractivity contribution in [2.45, 2.75) is 26.3 Å². The molecule has 3 N–H and O–H groups in total. The Labute approximate surface area is 179 Å². The summed E-state index contributed by atoms with van der Waals surface area (Å²) in [7, 11) is 0. The Hall–Kier alpha value is -2.72. The summed E-state index contributed by atoms with van der Waals surface area (Å²) in [5.41, 5.74) is 4.41. The Kier molecular flexibility index (Phi) is 8.13. The van der Waals surface area contributed by atoms with Gasteiger partial charge in [-0.25, -0.2) is 23.4 Å². The van der Waals surface area contributed by atoms with E-state index in [4.69, 9.17) is 27.9 Å². The molecule has 1 aromatic carbocycles. The van der Waals surface area contributed by atoms with Crippen molar-refractivity contribution >= 4 is 35.1 Å². The normalized spacial score (nSPS) is 11.7. The lowest BCUT2D eigenvalue weighted by molar-refractivity contribution is -0.119. The van der Waals surface area contributed by atoms with Crippen molar-refractivity contribution in [2.75, 3.05) is 6.61 Å². The number of carbonyl (C=O) groups excluding carboxylic acids is 2. The van der Waals surface area contributed by atoms with E-state index < -0.39 is 36.8 Å². The number of hydrogen-bond acceptors (Lipinski definition) is 4. The van der Waals surface area contributed by atoms with Crippen LogP contribution >= 0.6 is 23.2 Å². The van der Waals surface area contributed by atoms with Gasteiger partial charge < -0.3 is 10.1 Å². The number of carbonyl (C=O) groups is 2. The Morgan fingerprint density at radius 3 is 2.50 bits per heavy atom. The van der Waals surface area contributed by atoms with E-state index in [-0.39, 0.29) is 32.6 Å². The van der Waals surface area contributed by atoms with Crippen LogP contribution < -0.4 is 20.9 Å². The molecule has 0 spiro atoms. The van der Waals surface area contributed by atoms with Crippen molar-refractivity contribution in [1.82, 2.24) is 21.2 Å². The molecular formula is C18H17Cl2F3N4O3. The maximum atomic E-state index is 14.7.